The van der Waals surface area contributed by atoms with Gasteiger partial charge >= 0.3 is 0 Å². The van der Waals surface area contributed by atoms with Crippen LogP contribution in [0.2, 0.25) is 0 Å². The first-order valence-electron chi connectivity index (χ1n) is 6.78. The van der Waals surface area contributed by atoms with E-state index in [9.17, 15) is 0 Å². The fourth-order valence-corrected chi connectivity index (χ4v) is 3.31. The second-order valence-electron chi connectivity index (χ2n) is 5.39. The summed E-state index contributed by atoms with van der Waals surface area (Å²) in [5, 5.41) is 0. The Morgan fingerprint density at radius 3 is 2.40 bits per heavy atom. The van der Waals surface area contributed by atoms with Gasteiger partial charge in [0.15, 0.2) is 0 Å². The molecule has 0 amide bonds. The predicted molar refractivity (Wildman–Crippen MR) is 65.6 cm³/mol. The lowest BCUT2D eigenvalue weighted by Crippen LogP contribution is -2.06. The molecule has 3 atom stereocenters. The highest BCUT2D eigenvalue weighted by molar-refractivity contribution is 5.09. The van der Waals surface area contributed by atoms with E-state index in [1.54, 1.807) is 0 Å². The highest BCUT2D eigenvalue weighted by Gasteiger charge is 2.34. The number of rotatable bonds is 7. The summed E-state index contributed by atoms with van der Waals surface area (Å²) in [5.74, 6) is 2.95. The molecule has 1 nitrogen and oxygen atoms in total. The first-order chi connectivity index (χ1) is 7.40. The van der Waals surface area contributed by atoms with Crippen LogP contribution in [-0.2, 0) is 0 Å². The van der Waals surface area contributed by atoms with Gasteiger partial charge in [0.25, 0.3) is 0 Å². The zero-order chi connectivity index (χ0) is 10.5. The van der Waals surface area contributed by atoms with E-state index in [4.69, 9.17) is 5.73 Å². The van der Waals surface area contributed by atoms with Gasteiger partial charge in [-0.2, -0.15) is 0 Å². The minimum atomic E-state index is 0.872. The van der Waals surface area contributed by atoms with Crippen molar-refractivity contribution in [3.8, 4) is 0 Å². The van der Waals surface area contributed by atoms with Crippen molar-refractivity contribution in [1.29, 1.82) is 0 Å². The summed E-state index contributed by atoms with van der Waals surface area (Å²) in [4.78, 5) is 0. The minimum absolute atomic E-state index is 0.872. The van der Waals surface area contributed by atoms with Crippen LogP contribution >= 0.6 is 0 Å². The van der Waals surface area contributed by atoms with Crippen LogP contribution in [0.3, 0.4) is 0 Å². The smallest absolute Gasteiger partial charge is 0.00773 e. The summed E-state index contributed by atoms with van der Waals surface area (Å²) in [6.45, 7) is 0.872. The van der Waals surface area contributed by atoms with Gasteiger partial charge in [-0.05, 0) is 50.0 Å². The quantitative estimate of drug-likeness (QED) is 0.502. The van der Waals surface area contributed by atoms with Gasteiger partial charge in [0.2, 0.25) is 0 Å². The molecule has 0 aliphatic heterocycles. The van der Waals surface area contributed by atoms with Gasteiger partial charge in [-0.3, -0.25) is 0 Å². The molecular weight excluding hydrogens is 182 g/mol. The topological polar surface area (TPSA) is 26.0 Å². The summed E-state index contributed by atoms with van der Waals surface area (Å²) >= 11 is 0. The molecule has 2 aliphatic carbocycles. The van der Waals surface area contributed by atoms with Crippen molar-refractivity contribution in [3.63, 3.8) is 0 Å². The van der Waals surface area contributed by atoms with Gasteiger partial charge in [0.1, 0.15) is 0 Å². The summed E-state index contributed by atoms with van der Waals surface area (Å²) in [5.41, 5.74) is 5.48. The van der Waals surface area contributed by atoms with Crippen LogP contribution in [0, 0.1) is 17.8 Å². The summed E-state index contributed by atoms with van der Waals surface area (Å²) < 4.78 is 0. The van der Waals surface area contributed by atoms with E-state index < -0.39 is 0 Å². The molecule has 0 spiro atoms. The molecular formula is C14H25N. The van der Waals surface area contributed by atoms with E-state index in [2.05, 4.69) is 12.2 Å². The van der Waals surface area contributed by atoms with Crippen molar-refractivity contribution in [3.05, 3.63) is 12.2 Å². The van der Waals surface area contributed by atoms with Crippen LogP contribution in [0.1, 0.15) is 51.4 Å². The third-order valence-electron chi connectivity index (χ3n) is 4.20. The molecule has 0 aromatic rings. The maximum absolute atomic E-state index is 5.48. The maximum Gasteiger partial charge on any atom is -0.00773 e. The van der Waals surface area contributed by atoms with Crippen molar-refractivity contribution in [2.45, 2.75) is 51.4 Å². The molecule has 1 heteroatoms. The van der Waals surface area contributed by atoms with E-state index in [-0.39, 0.29) is 0 Å². The Balaban J connectivity index is 1.50. The van der Waals surface area contributed by atoms with Crippen LogP contribution < -0.4 is 5.73 Å². The van der Waals surface area contributed by atoms with Gasteiger partial charge in [-0.1, -0.05) is 37.8 Å². The fourth-order valence-electron chi connectivity index (χ4n) is 3.31. The Morgan fingerprint density at radius 2 is 1.73 bits per heavy atom. The van der Waals surface area contributed by atoms with Crippen molar-refractivity contribution in [2.24, 2.45) is 23.5 Å². The Kier molecular flexibility index (Phi) is 4.25. The number of nitrogens with two attached hydrogens (primary N) is 1. The first-order valence-corrected chi connectivity index (χ1v) is 6.78. The maximum atomic E-state index is 5.48. The van der Waals surface area contributed by atoms with E-state index >= 15 is 0 Å². The molecule has 0 aromatic carbocycles. The lowest BCUT2D eigenvalue weighted by atomic mass is 9.88. The SMILES string of the molecule is NCCCCCCCC1CC2C=CC1C2. The zero-order valence-electron chi connectivity index (χ0n) is 9.83. The number of hydrogen-bond acceptors (Lipinski definition) is 1. The molecule has 2 rings (SSSR count). The molecule has 2 aliphatic rings. The molecule has 1 saturated carbocycles. The molecule has 0 radical (unpaired) electrons. The molecule has 0 heterocycles. The van der Waals surface area contributed by atoms with Gasteiger partial charge < -0.3 is 5.73 Å². The highest BCUT2D eigenvalue weighted by Crippen LogP contribution is 2.45. The Bertz CT molecular complexity index is 209. The summed E-state index contributed by atoms with van der Waals surface area (Å²) in [6, 6.07) is 0. The standard InChI is InChI=1S/C14H25N/c15-9-5-3-1-2-4-6-13-10-12-7-8-14(13)11-12/h7-8,12-14H,1-6,9-11,15H2. The molecule has 15 heavy (non-hydrogen) atoms. The normalized spacial score (nSPS) is 32.7. The van der Waals surface area contributed by atoms with Gasteiger partial charge in [0, 0.05) is 0 Å². The molecule has 2 N–H and O–H groups in total. The van der Waals surface area contributed by atoms with Crippen LogP contribution in [-0.4, -0.2) is 6.54 Å². The second-order valence-corrected chi connectivity index (χ2v) is 5.39. The van der Waals surface area contributed by atoms with E-state index in [0.29, 0.717) is 0 Å². The number of unbranched alkanes of at least 4 members (excludes halogenated alkanes) is 4. The zero-order valence-corrected chi connectivity index (χ0v) is 9.83. The Labute approximate surface area is 94.1 Å². The van der Waals surface area contributed by atoms with Crippen molar-refractivity contribution >= 4 is 0 Å². The molecule has 0 saturated heterocycles. The average molecular weight is 207 g/mol. The van der Waals surface area contributed by atoms with Gasteiger partial charge in [-0.25, -0.2) is 0 Å². The molecule has 86 valence electrons. The highest BCUT2D eigenvalue weighted by atomic mass is 14.5. The fraction of sp³-hybridized carbons (Fsp3) is 0.857. The van der Waals surface area contributed by atoms with E-state index in [0.717, 1.165) is 24.3 Å². The van der Waals surface area contributed by atoms with E-state index in [1.165, 1.54) is 51.4 Å². The van der Waals surface area contributed by atoms with Crippen LogP contribution in [0.5, 0.6) is 0 Å². The third kappa shape index (κ3) is 3.07. The van der Waals surface area contributed by atoms with E-state index in [1.807, 2.05) is 0 Å². The van der Waals surface area contributed by atoms with Crippen molar-refractivity contribution in [1.82, 2.24) is 0 Å². The number of fused-ring (bicyclic) bond motifs is 2. The number of hydrogen-bond donors (Lipinski definition) is 1. The molecule has 2 bridgehead atoms. The Hall–Kier alpha value is -0.300. The largest absolute Gasteiger partial charge is 0.330 e. The molecule has 1 fully saturated rings. The van der Waals surface area contributed by atoms with Crippen molar-refractivity contribution in [2.75, 3.05) is 6.54 Å². The lowest BCUT2D eigenvalue weighted by Gasteiger charge is -2.17. The minimum Gasteiger partial charge on any atom is -0.330 e. The monoisotopic (exact) mass is 207 g/mol. The van der Waals surface area contributed by atoms with Gasteiger partial charge in [-0.15, -0.1) is 0 Å². The number of allylic oxidation sites excluding steroid dienone is 2. The van der Waals surface area contributed by atoms with Crippen LogP contribution in [0.25, 0.3) is 0 Å². The lowest BCUT2D eigenvalue weighted by molar-refractivity contribution is 0.394. The second kappa shape index (κ2) is 5.69. The van der Waals surface area contributed by atoms with Crippen LogP contribution in [0.4, 0.5) is 0 Å². The van der Waals surface area contributed by atoms with Crippen molar-refractivity contribution < 1.29 is 0 Å². The average Bonchev–Trinajstić information content (AvgIpc) is 2.85. The van der Waals surface area contributed by atoms with Gasteiger partial charge in [0.05, 0.1) is 0 Å². The molecule has 3 unspecified atom stereocenters. The first kappa shape index (κ1) is 11.2. The third-order valence-corrected chi connectivity index (χ3v) is 4.20. The summed E-state index contributed by atoms with van der Waals surface area (Å²) in [7, 11) is 0. The summed E-state index contributed by atoms with van der Waals surface area (Å²) in [6.07, 6.45) is 16.2. The molecule has 0 aromatic heterocycles. The Morgan fingerprint density at radius 1 is 0.933 bits per heavy atom. The predicted octanol–water partition coefficient (Wildman–Crippen LogP) is 3.50. The van der Waals surface area contributed by atoms with Crippen LogP contribution in [0.15, 0.2) is 12.2 Å².